The van der Waals surface area contributed by atoms with Crippen LogP contribution in [0.25, 0.3) is 0 Å². The average molecular weight is 319 g/mol. The van der Waals surface area contributed by atoms with Crippen molar-refractivity contribution in [3.63, 3.8) is 0 Å². The smallest absolute Gasteiger partial charge is 0.249 e. The van der Waals surface area contributed by atoms with Crippen LogP contribution in [-0.2, 0) is 19.9 Å². The van der Waals surface area contributed by atoms with E-state index in [2.05, 4.69) is 0 Å². The molecule has 0 bridgehead atoms. The molecule has 0 radical (unpaired) electrons. The average Bonchev–Trinajstić information content (AvgIpc) is 2.73. The van der Waals surface area contributed by atoms with Gasteiger partial charge in [-0.15, -0.1) is 11.3 Å². The lowest BCUT2D eigenvalue weighted by Gasteiger charge is -2.05. The normalized spacial score (nSPS) is 12.5. The highest BCUT2D eigenvalue weighted by Gasteiger charge is 2.31. The van der Waals surface area contributed by atoms with Crippen LogP contribution in [0, 0.1) is 0 Å². The third kappa shape index (κ3) is 2.50. The predicted octanol–water partition coefficient (Wildman–Crippen LogP) is 0.934. The summed E-state index contributed by atoms with van der Waals surface area (Å²) in [5, 5.41) is 15.6. The fourth-order valence-corrected chi connectivity index (χ4v) is 5.60. The van der Waals surface area contributed by atoms with Gasteiger partial charge >= 0.3 is 0 Å². The van der Waals surface area contributed by atoms with Gasteiger partial charge in [0.05, 0.1) is 4.90 Å². The Morgan fingerprint density at radius 2 is 1.63 bits per heavy atom. The number of nitrogens with two attached hydrogens (primary N) is 1. The summed E-state index contributed by atoms with van der Waals surface area (Å²) < 4.78 is 46.8. The van der Waals surface area contributed by atoms with Crippen molar-refractivity contribution < 1.29 is 21.9 Å². The van der Waals surface area contributed by atoms with Gasteiger partial charge in [-0.1, -0.05) is 18.2 Å². The third-order valence-corrected chi connectivity index (χ3v) is 6.84. The minimum Gasteiger partial charge on any atom is -0.506 e. The Hall–Kier alpha value is -1.42. The topological polar surface area (TPSA) is 115 Å². The maximum atomic E-state index is 12.3. The van der Waals surface area contributed by atoms with Gasteiger partial charge in [0.25, 0.3) is 0 Å². The van der Waals surface area contributed by atoms with Crippen LogP contribution in [-0.4, -0.2) is 21.9 Å². The number of hydrogen-bond acceptors (Lipinski definition) is 6. The van der Waals surface area contributed by atoms with E-state index in [4.69, 9.17) is 5.14 Å². The Morgan fingerprint density at radius 3 is 2.16 bits per heavy atom. The molecule has 0 unspecified atom stereocenters. The van der Waals surface area contributed by atoms with Gasteiger partial charge in [0.2, 0.25) is 19.9 Å². The highest BCUT2D eigenvalue weighted by atomic mass is 32.2. The predicted molar refractivity (Wildman–Crippen MR) is 69.3 cm³/mol. The number of primary sulfonamides is 1. The van der Waals surface area contributed by atoms with Crippen LogP contribution < -0.4 is 5.14 Å². The fraction of sp³-hybridized carbons (Fsp3) is 0. The molecule has 1 heterocycles. The lowest BCUT2D eigenvalue weighted by molar-refractivity contribution is 0.459. The van der Waals surface area contributed by atoms with Gasteiger partial charge < -0.3 is 5.11 Å². The zero-order chi connectivity index (χ0) is 14.3. The van der Waals surface area contributed by atoms with Gasteiger partial charge in [-0.2, -0.15) is 0 Å². The molecule has 0 amide bonds. The highest BCUT2D eigenvalue weighted by molar-refractivity contribution is 7.95. The highest BCUT2D eigenvalue weighted by Crippen LogP contribution is 2.38. The zero-order valence-electron chi connectivity index (χ0n) is 9.35. The summed E-state index contributed by atoms with van der Waals surface area (Å²) in [6.45, 7) is 0. The molecule has 0 aliphatic carbocycles. The van der Waals surface area contributed by atoms with Crippen molar-refractivity contribution in [3.05, 3.63) is 35.7 Å². The molecule has 19 heavy (non-hydrogen) atoms. The first-order chi connectivity index (χ1) is 8.74. The molecule has 0 atom stereocenters. The molecule has 0 aliphatic rings. The molecule has 0 fully saturated rings. The Balaban J connectivity index is 2.77. The lowest BCUT2D eigenvalue weighted by Crippen LogP contribution is -2.14. The van der Waals surface area contributed by atoms with E-state index in [0.29, 0.717) is 11.3 Å². The summed E-state index contributed by atoms with van der Waals surface area (Å²) in [6.07, 6.45) is 0. The molecular formula is C10H9NO5S3. The summed E-state index contributed by atoms with van der Waals surface area (Å²) in [4.78, 5) is -0.792. The van der Waals surface area contributed by atoms with Gasteiger partial charge in [-0.05, 0) is 12.1 Å². The monoisotopic (exact) mass is 319 g/mol. The van der Waals surface area contributed by atoms with E-state index < -0.39 is 34.7 Å². The van der Waals surface area contributed by atoms with Crippen molar-refractivity contribution in [3.8, 4) is 5.75 Å². The van der Waals surface area contributed by atoms with Crippen molar-refractivity contribution in [2.75, 3.05) is 0 Å². The number of hydrogen-bond donors (Lipinski definition) is 2. The molecular weight excluding hydrogens is 310 g/mol. The first-order valence-electron chi connectivity index (χ1n) is 4.88. The molecule has 1 aromatic heterocycles. The van der Waals surface area contributed by atoms with E-state index in [-0.39, 0.29) is 4.90 Å². The van der Waals surface area contributed by atoms with Gasteiger partial charge in [0, 0.05) is 5.38 Å². The number of benzene rings is 1. The maximum absolute atomic E-state index is 12.3. The van der Waals surface area contributed by atoms with Crippen LogP contribution in [0.3, 0.4) is 0 Å². The third-order valence-electron chi connectivity index (χ3n) is 2.28. The first kappa shape index (κ1) is 14.0. The molecule has 3 N–H and O–H groups in total. The van der Waals surface area contributed by atoms with E-state index in [9.17, 15) is 21.9 Å². The summed E-state index contributed by atoms with van der Waals surface area (Å²) in [5.74, 6) is -0.627. The number of aromatic hydroxyl groups is 1. The van der Waals surface area contributed by atoms with Crippen LogP contribution in [0.5, 0.6) is 5.75 Å². The summed E-state index contributed by atoms with van der Waals surface area (Å²) >= 11 is 0.563. The molecule has 0 saturated carbocycles. The minimum atomic E-state index is -4.22. The Labute approximate surface area is 114 Å². The lowest BCUT2D eigenvalue weighted by atomic mass is 10.4. The molecule has 0 aliphatic heterocycles. The number of sulfonamides is 1. The van der Waals surface area contributed by atoms with Gasteiger partial charge in [-0.3, -0.25) is 0 Å². The van der Waals surface area contributed by atoms with Crippen LogP contribution in [0.2, 0.25) is 0 Å². The Kier molecular flexibility index (Phi) is 3.39. The number of sulfone groups is 1. The second kappa shape index (κ2) is 4.60. The van der Waals surface area contributed by atoms with Crippen molar-refractivity contribution in [1.82, 2.24) is 0 Å². The number of thiophene rings is 1. The van der Waals surface area contributed by atoms with Crippen molar-refractivity contribution in [1.29, 1.82) is 0 Å². The van der Waals surface area contributed by atoms with Gasteiger partial charge in [-0.25, -0.2) is 22.0 Å². The van der Waals surface area contributed by atoms with Crippen LogP contribution in [0.1, 0.15) is 0 Å². The van der Waals surface area contributed by atoms with Crippen LogP contribution in [0.15, 0.2) is 49.7 Å². The molecule has 2 aromatic rings. The Morgan fingerprint density at radius 1 is 1.05 bits per heavy atom. The van der Waals surface area contributed by atoms with E-state index in [1.54, 1.807) is 6.07 Å². The molecule has 0 saturated heterocycles. The van der Waals surface area contributed by atoms with Crippen LogP contribution in [0.4, 0.5) is 0 Å². The van der Waals surface area contributed by atoms with Crippen molar-refractivity contribution >= 4 is 31.2 Å². The van der Waals surface area contributed by atoms with Crippen LogP contribution >= 0.6 is 11.3 Å². The first-order valence-corrected chi connectivity index (χ1v) is 8.79. The molecule has 102 valence electrons. The van der Waals surface area contributed by atoms with E-state index >= 15 is 0 Å². The molecule has 0 spiro atoms. The van der Waals surface area contributed by atoms with Gasteiger partial charge in [0.15, 0.2) is 4.21 Å². The number of rotatable bonds is 3. The van der Waals surface area contributed by atoms with Gasteiger partial charge in [0.1, 0.15) is 10.6 Å². The zero-order valence-corrected chi connectivity index (χ0v) is 11.8. The molecule has 6 nitrogen and oxygen atoms in total. The fourth-order valence-electron chi connectivity index (χ4n) is 1.48. The standard InChI is InChI=1S/C10H9NO5S3/c11-19(15,16)10-9(8(12)6-17-10)18(13,14)7-4-2-1-3-5-7/h1-6,12H,(H2,11,15,16). The molecule has 2 rings (SSSR count). The summed E-state index contributed by atoms with van der Waals surface area (Å²) in [5.41, 5.74) is 0. The van der Waals surface area contributed by atoms with E-state index in [0.717, 1.165) is 5.38 Å². The second-order valence-corrected chi connectivity index (χ2v) is 8.12. The van der Waals surface area contributed by atoms with E-state index in [1.807, 2.05) is 0 Å². The molecule has 1 aromatic carbocycles. The molecule has 9 heteroatoms. The van der Waals surface area contributed by atoms with E-state index in [1.165, 1.54) is 24.3 Å². The minimum absolute atomic E-state index is 0.117. The SMILES string of the molecule is NS(=O)(=O)c1scc(O)c1S(=O)(=O)c1ccccc1. The maximum Gasteiger partial charge on any atom is 0.249 e. The van der Waals surface area contributed by atoms with Crippen molar-refractivity contribution in [2.24, 2.45) is 5.14 Å². The summed E-state index contributed by atoms with van der Waals surface area (Å²) in [7, 11) is -8.36. The Bertz CT molecular complexity index is 806. The summed E-state index contributed by atoms with van der Waals surface area (Å²) in [6, 6.07) is 7.21. The van der Waals surface area contributed by atoms with Crippen molar-refractivity contribution in [2.45, 2.75) is 14.0 Å². The second-order valence-electron chi connectivity index (χ2n) is 3.60. The largest absolute Gasteiger partial charge is 0.506 e. The quantitative estimate of drug-likeness (QED) is 0.873.